The maximum atomic E-state index is 11.2. The van der Waals surface area contributed by atoms with Crippen LogP contribution in [0.3, 0.4) is 0 Å². The number of hydrogen-bond acceptors (Lipinski definition) is 4. The van der Waals surface area contributed by atoms with E-state index in [1.54, 1.807) is 0 Å². The molecule has 6 heteroatoms. The molecular weight excluding hydrogens is 238 g/mol. The van der Waals surface area contributed by atoms with Crippen molar-refractivity contribution in [3.8, 4) is 0 Å². The second-order valence-corrected chi connectivity index (χ2v) is 4.79. The van der Waals surface area contributed by atoms with Gasteiger partial charge in [0.05, 0.1) is 12.1 Å². The number of carbonyl (C=O) groups is 2. The number of fused-ring (bicyclic) bond motifs is 1. The molecule has 3 rings (SSSR count). The molecule has 2 N–H and O–H groups in total. The summed E-state index contributed by atoms with van der Waals surface area (Å²) in [6.45, 7) is 0. The van der Waals surface area contributed by atoms with Crippen molar-refractivity contribution in [1.82, 2.24) is 5.43 Å². The van der Waals surface area contributed by atoms with E-state index in [-0.39, 0.29) is 11.1 Å². The quantitative estimate of drug-likeness (QED) is 0.786. The van der Waals surface area contributed by atoms with E-state index in [1.165, 1.54) is 11.8 Å². The normalized spacial score (nSPS) is 18.2. The van der Waals surface area contributed by atoms with Gasteiger partial charge in [0, 0.05) is 11.4 Å². The first kappa shape index (κ1) is 10.3. The number of hydrogen-bond donors (Lipinski definition) is 2. The highest BCUT2D eigenvalue weighted by molar-refractivity contribution is 8.14. The summed E-state index contributed by atoms with van der Waals surface area (Å²) in [5.74, 6) is 0.580. The Morgan fingerprint density at radius 1 is 1.29 bits per heavy atom. The lowest BCUT2D eigenvalue weighted by Crippen LogP contribution is -2.23. The zero-order valence-electron chi connectivity index (χ0n) is 8.82. The minimum Gasteiger partial charge on any atom is -0.326 e. The Balaban J connectivity index is 1.93. The molecule has 86 valence electrons. The van der Waals surface area contributed by atoms with E-state index in [2.05, 4.69) is 15.8 Å². The number of amides is 2. The molecule has 1 aromatic carbocycles. The first-order valence-corrected chi connectivity index (χ1v) is 6.13. The number of anilines is 1. The molecule has 0 saturated heterocycles. The Morgan fingerprint density at radius 3 is 2.94 bits per heavy atom. The van der Waals surface area contributed by atoms with Crippen molar-refractivity contribution in [1.29, 1.82) is 0 Å². The highest BCUT2D eigenvalue weighted by Crippen LogP contribution is 2.25. The topological polar surface area (TPSA) is 70.6 Å². The molecule has 17 heavy (non-hydrogen) atoms. The number of hydrazone groups is 1. The molecule has 0 bridgehead atoms. The Labute approximate surface area is 102 Å². The first-order valence-electron chi connectivity index (χ1n) is 5.15. The van der Waals surface area contributed by atoms with Crippen LogP contribution in [-0.4, -0.2) is 22.6 Å². The molecule has 2 heterocycles. The van der Waals surface area contributed by atoms with Crippen LogP contribution in [-0.2, 0) is 11.2 Å². The Hall–Kier alpha value is -1.82. The van der Waals surface area contributed by atoms with Gasteiger partial charge in [-0.3, -0.25) is 9.59 Å². The fourth-order valence-electron chi connectivity index (χ4n) is 1.87. The van der Waals surface area contributed by atoms with Gasteiger partial charge in [-0.15, -0.1) is 0 Å². The molecule has 0 saturated carbocycles. The van der Waals surface area contributed by atoms with Crippen LogP contribution in [0.1, 0.15) is 11.1 Å². The molecule has 0 radical (unpaired) electrons. The van der Waals surface area contributed by atoms with Gasteiger partial charge in [-0.2, -0.15) is 5.10 Å². The molecule has 0 unspecified atom stereocenters. The monoisotopic (exact) mass is 247 g/mol. The molecule has 0 spiro atoms. The van der Waals surface area contributed by atoms with Crippen molar-refractivity contribution in [3.05, 3.63) is 29.3 Å². The van der Waals surface area contributed by atoms with Crippen LogP contribution in [0, 0.1) is 0 Å². The van der Waals surface area contributed by atoms with Gasteiger partial charge in [-0.05, 0) is 23.3 Å². The number of nitrogens with zero attached hydrogens (tertiary/aromatic N) is 1. The maximum absolute atomic E-state index is 11.2. The standard InChI is InChI=1S/C11H9N3O2S/c15-10-4-7-3-6(1-2-8(7)12-10)9-5-17-11(16)14-13-9/h1-3H,4-5H2,(H,12,15)(H,14,16). The molecular formula is C11H9N3O2S. The number of nitrogens with one attached hydrogen (secondary N) is 2. The fraction of sp³-hybridized carbons (Fsp3) is 0.182. The fourth-order valence-corrected chi connectivity index (χ4v) is 2.48. The van der Waals surface area contributed by atoms with Crippen LogP contribution >= 0.6 is 11.8 Å². The van der Waals surface area contributed by atoms with Crippen LogP contribution in [0.4, 0.5) is 10.5 Å². The molecule has 0 aromatic heterocycles. The predicted molar refractivity (Wildman–Crippen MR) is 66.3 cm³/mol. The molecule has 0 aliphatic carbocycles. The zero-order valence-corrected chi connectivity index (χ0v) is 9.63. The van der Waals surface area contributed by atoms with Gasteiger partial charge >= 0.3 is 0 Å². The van der Waals surface area contributed by atoms with Crippen molar-refractivity contribution in [2.75, 3.05) is 11.1 Å². The third-order valence-electron chi connectivity index (χ3n) is 2.69. The number of thioether (sulfide) groups is 1. The van der Waals surface area contributed by atoms with Gasteiger partial charge in [-0.25, -0.2) is 5.43 Å². The van der Waals surface area contributed by atoms with E-state index in [0.717, 1.165) is 22.5 Å². The summed E-state index contributed by atoms with van der Waals surface area (Å²) in [5.41, 5.74) is 6.07. The SMILES string of the molecule is O=C1Cc2cc(C3=NNC(=O)SC3)ccc2N1. The largest absolute Gasteiger partial charge is 0.326 e. The van der Waals surface area contributed by atoms with Gasteiger partial charge in [0.15, 0.2) is 0 Å². The van der Waals surface area contributed by atoms with Crippen molar-refractivity contribution in [3.63, 3.8) is 0 Å². The third kappa shape index (κ3) is 1.91. The Kier molecular flexibility index (Phi) is 2.36. The maximum Gasteiger partial charge on any atom is 0.299 e. The summed E-state index contributed by atoms with van der Waals surface area (Å²) in [4.78, 5) is 22.2. The molecule has 1 aromatic rings. The molecule has 2 aliphatic rings. The van der Waals surface area contributed by atoms with Crippen molar-refractivity contribution < 1.29 is 9.59 Å². The van der Waals surface area contributed by atoms with Crippen molar-refractivity contribution >= 4 is 34.3 Å². The predicted octanol–water partition coefficient (Wildman–Crippen LogP) is 1.34. The molecule has 5 nitrogen and oxygen atoms in total. The summed E-state index contributed by atoms with van der Waals surface area (Å²) in [5, 5.41) is 6.66. The second-order valence-electron chi connectivity index (χ2n) is 3.84. The highest BCUT2D eigenvalue weighted by atomic mass is 32.2. The number of benzene rings is 1. The van der Waals surface area contributed by atoms with E-state index in [4.69, 9.17) is 0 Å². The molecule has 2 amide bonds. The van der Waals surface area contributed by atoms with Gasteiger partial charge in [0.25, 0.3) is 5.24 Å². The lowest BCUT2D eigenvalue weighted by molar-refractivity contribution is -0.115. The van der Waals surface area contributed by atoms with E-state index >= 15 is 0 Å². The van der Waals surface area contributed by atoms with Gasteiger partial charge in [0.1, 0.15) is 0 Å². The molecule has 0 fully saturated rings. The van der Waals surface area contributed by atoms with E-state index in [9.17, 15) is 9.59 Å². The zero-order chi connectivity index (χ0) is 11.8. The summed E-state index contributed by atoms with van der Waals surface area (Å²) in [7, 11) is 0. The average molecular weight is 247 g/mol. The van der Waals surface area contributed by atoms with Gasteiger partial charge in [0.2, 0.25) is 5.91 Å². The third-order valence-corrected chi connectivity index (χ3v) is 3.46. The number of rotatable bonds is 1. The Bertz CT molecular complexity index is 554. The lowest BCUT2D eigenvalue weighted by atomic mass is 10.1. The smallest absolute Gasteiger partial charge is 0.299 e. The first-order chi connectivity index (χ1) is 8.22. The summed E-state index contributed by atoms with van der Waals surface area (Å²) >= 11 is 1.19. The van der Waals surface area contributed by atoms with Crippen LogP contribution < -0.4 is 10.7 Å². The summed E-state index contributed by atoms with van der Waals surface area (Å²) in [6, 6.07) is 5.73. The lowest BCUT2D eigenvalue weighted by Gasteiger charge is -2.12. The second kappa shape index (κ2) is 3.89. The minimum atomic E-state index is -0.133. The highest BCUT2D eigenvalue weighted by Gasteiger charge is 2.20. The van der Waals surface area contributed by atoms with Gasteiger partial charge in [-0.1, -0.05) is 17.8 Å². The van der Waals surface area contributed by atoms with Crippen molar-refractivity contribution in [2.24, 2.45) is 5.10 Å². The van der Waals surface area contributed by atoms with E-state index < -0.39 is 0 Å². The van der Waals surface area contributed by atoms with Gasteiger partial charge < -0.3 is 5.32 Å². The Morgan fingerprint density at radius 2 is 2.18 bits per heavy atom. The number of carbonyl (C=O) groups excluding carboxylic acids is 2. The molecule has 2 aliphatic heterocycles. The molecule has 0 atom stereocenters. The van der Waals surface area contributed by atoms with Crippen LogP contribution in [0.25, 0.3) is 0 Å². The van der Waals surface area contributed by atoms with Crippen LogP contribution in [0.5, 0.6) is 0 Å². The van der Waals surface area contributed by atoms with E-state index in [0.29, 0.717) is 12.2 Å². The van der Waals surface area contributed by atoms with Crippen molar-refractivity contribution in [2.45, 2.75) is 6.42 Å². The minimum absolute atomic E-state index is 0.0189. The van der Waals surface area contributed by atoms with Crippen LogP contribution in [0.15, 0.2) is 23.3 Å². The summed E-state index contributed by atoms with van der Waals surface area (Å²) < 4.78 is 0. The summed E-state index contributed by atoms with van der Waals surface area (Å²) in [6.07, 6.45) is 0.413. The van der Waals surface area contributed by atoms with E-state index in [1.807, 2.05) is 18.2 Å². The average Bonchev–Trinajstić information content (AvgIpc) is 2.69. The van der Waals surface area contributed by atoms with Crippen LogP contribution in [0.2, 0.25) is 0 Å².